The molecular weight excluding hydrogens is 764 g/mol. The van der Waals surface area contributed by atoms with E-state index in [0.717, 1.165) is 71.9 Å². The molecule has 8 aromatic carbocycles. The molecule has 0 saturated carbocycles. The molecule has 0 atom stereocenters. The number of alkyl halides is 3. The molecule has 8 heteroatoms. The number of aryl methyl sites for hydroxylation is 1. The Balaban J connectivity index is 1.30. The summed E-state index contributed by atoms with van der Waals surface area (Å²) < 4.78 is 47.3. The largest absolute Gasteiger partial charge is 0.416 e. The lowest BCUT2D eigenvalue weighted by atomic mass is 9.96. The predicted molar refractivity (Wildman–Crippen MR) is 237 cm³/mol. The van der Waals surface area contributed by atoms with Gasteiger partial charge in [-0.2, -0.15) is 23.7 Å². The highest BCUT2D eigenvalue weighted by atomic mass is 19.4. The van der Waals surface area contributed by atoms with E-state index in [4.69, 9.17) is 6.57 Å². The number of para-hydroxylation sites is 2. The topological polar surface area (TPSA) is 61.8 Å². The van der Waals surface area contributed by atoms with Crippen LogP contribution < -0.4 is 0 Å². The molecule has 0 radical (unpaired) electrons. The second kappa shape index (κ2) is 14.2. The van der Waals surface area contributed by atoms with Crippen molar-refractivity contribution in [1.82, 2.24) is 9.13 Å². The zero-order chi connectivity index (χ0) is 42.0. The van der Waals surface area contributed by atoms with Gasteiger partial charge in [0.1, 0.15) is 11.6 Å². The summed E-state index contributed by atoms with van der Waals surface area (Å²) in [6, 6.07) is 55.3. The van der Waals surface area contributed by atoms with Crippen molar-refractivity contribution in [3.8, 4) is 56.9 Å². The van der Waals surface area contributed by atoms with Gasteiger partial charge >= 0.3 is 6.18 Å². The Bertz CT molecular complexity index is 3390. The van der Waals surface area contributed by atoms with Crippen LogP contribution in [0.4, 0.5) is 18.9 Å². The maximum atomic E-state index is 14.4. The fourth-order valence-electron chi connectivity index (χ4n) is 8.71. The molecule has 0 amide bonds. The lowest BCUT2D eigenvalue weighted by molar-refractivity contribution is -0.137. The van der Waals surface area contributed by atoms with Crippen LogP contribution in [0.15, 0.2) is 164 Å². The number of halogens is 3. The van der Waals surface area contributed by atoms with Crippen LogP contribution in [0.3, 0.4) is 0 Å². The first-order valence-corrected chi connectivity index (χ1v) is 19.5. The van der Waals surface area contributed by atoms with Gasteiger partial charge in [-0.05, 0) is 125 Å². The minimum Gasteiger partial charge on any atom is -0.308 e. The van der Waals surface area contributed by atoms with Crippen LogP contribution in [0, 0.1) is 36.2 Å². The van der Waals surface area contributed by atoms with Gasteiger partial charge in [0.2, 0.25) is 0 Å². The van der Waals surface area contributed by atoms with Gasteiger partial charge in [0.05, 0.1) is 57.2 Å². The van der Waals surface area contributed by atoms with Crippen molar-refractivity contribution in [2.45, 2.75) is 13.1 Å². The number of fused-ring (bicyclic) bond motifs is 6. The van der Waals surface area contributed by atoms with Crippen LogP contribution in [0.2, 0.25) is 0 Å². The Morgan fingerprint density at radius 3 is 1.57 bits per heavy atom. The van der Waals surface area contributed by atoms with Crippen LogP contribution in [0.5, 0.6) is 0 Å². The predicted octanol–water partition coefficient (Wildman–Crippen LogP) is 14.5. The van der Waals surface area contributed by atoms with E-state index >= 15 is 0 Å². The van der Waals surface area contributed by atoms with E-state index in [-0.39, 0.29) is 0 Å². The Morgan fingerprint density at radius 2 is 1.02 bits per heavy atom. The van der Waals surface area contributed by atoms with E-state index in [9.17, 15) is 23.7 Å². The lowest BCUT2D eigenvalue weighted by Crippen LogP contribution is -2.07. The minimum absolute atomic E-state index is 0.331. The summed E-state index contributed by atoms with van der Waals surface area (Å²) in [5, 5.41) is 24.6. The van der Waals surface area contributed by atoms with Gasteiger partial charge in [-0.3, -0.25) is 0 Å². The highest BCUT2D eigenvalue weighted by molar-refractivity contribution is 6.12. The molecule has 61 heavy (non-hydrogen) atoms. The number of hydrogen-bond donors (Lipinski definition) is 0. The molecule has 0 aliphatic carbocycles. The molecular formula is C53H30F3N5. The van der Waals surface area contributed by atoms with E-state index < -0.39 is 11.7 Å². The third kappa shape index (κ3) is 6.16. The van der Waals surface area contributed by atoms with Crippen molar-refractivity contribution >= 4 is 49.3 Å². The van der Waals surface area contributed by atoms with E-state index in [1.54, 1.807) is 25.1 Å². The van der Waals surface area contributed by atoms with Crippen LogP contribution in [0.1, 0.15) is 22.3 Å². The van der Waals surface area contributed by atoms with Crippen LogP contribution in [0.25, 0.3) is 93.2 Å². The summed E-state index contributed by atoms with van der Waals surface area (Å²) in [5.74, 6) is 0. The third-order valence-corrected chi connectivity index (χ3v) is 11.4. The van der Waals surface area contributed by atoms with Crippen LogP contribution >= 0.6 is 0 Å². The maximum absolute atomic E-state index is 14.4. The van der Waals surface area contributed by atoms with Gasteiger partial charge in [0.25, 0.3) is 0 Å². The average molecular weight is 794 g/mol. The monoisotopic (exact) mass is 793 g/mol. The molecule has 10 aromatic rings. The van der Waals surface area contributed by atoms with E-state index in [2.05, 4.69) is 29.1 Å². The van der Waals surface area contributed by atoms with Gasteiger partial charge in [-0.15, -0.1) is 0 Å². The van der Waals surface area contributed by atoms with Crippen LogP contribution in [-0.4, -0.2) is 9.13 Å². The molecule has 0 bridgehead atoms. The molecule has 288 valence electrons. The molecule has 0 unspecified atom stereocenters. The van der Waals surface area contributed by atoms with Crippen LogP contribution in [-0.2, 0) is 6.18 Å². The Kier molecular flexibility index (Phi) is 8.58. The van der Waals surface area contributed by atoms with Crippen molar-refractivity contribution < 1.29 is 13.2 Å². The van der Waals surface area contributed by atoms with E-state index in [0.29, 0.717) is 44.9 Å². The minimum atomic E-state index is -4.57. The summed E-state index contributed by atoms with van der Waals surface area (Å²) in [6.07, 6.45) is -4.57. The zero-order valence-electron chi connectivity index (χ0n) is 32.5. The first-order valence-electron chi connectivity index (χ1n) is 19.5. The molecule has 0 N–H and O–H groups in total. The number of aromatic nitrogens is 2. The van der Waals surface area contributed by atoms with Gasteiger partial charge in [-0.25, -0.2) is 4.85 Å². The summed E-state index contributed by atoms with van der Waals surface area (Å²) in [6.45, 7) is 9.21. The van der Waals surface area contributed by atoms with Crippen molar-refractivity contribution in [1.29, 1.82) is 10.5 Å². The van der Waals surface area contributed by atoms with Crippen molar-refractivity contribution in [3.05, 3.63) is 197 Å². The smallest absolute Gasteiger partial charge is 0.308 e. The quantitative estimate of drug-likeness (QED) is 0.163. The molecule has 0 spiro atoms. The van der Waals surface area contributed by atoms with Gasteiger partial charge < -0.3 is 9.13 Å². The van der Waals surface area contributed by atoms with E-state index in [1.165, 1.54) is 6.07 Å². The molecule has 5 nitrogen and oxygen atoms in total. The summed E-state index contributed by atoms with van der Waals surface area (Å²) in [5.41, 5.74) is 9.82. The zero-order valence-corrected chi connectivity index (χ0v) is 32.5. The van der Waals surface area contributed by atoms with E-state index in [1.807, 2.05) is 130 Å². The first kappa shape index (κ1) is 36.9. The number of nitrogens with zero attached hydrogens (tertiary/aromatic N) is 5. The number of hydrogen-bond acceptors (Lipinski definition) is 2. The average Bonchev–Trinajstić information content (AvgIpc) is 3.80. The van der Waals surface area contributed by atoms with Gasteiger partial charge in [0.15, 0.2) is 5.69 Å². The SMILES string of the molecule is [C-]#[N+]c1cccc(-c2ccc3c(c2)c2ccccc2n3-c2cc(-c3cc(C)cc(C(F)(F)F)c3)cc(-n3c4ccccc4c4cc(-c5cccc(C#N)c5)ccc43)c2C#N)c1. The summed E-state index contributed by atoms with van der Waals surface area (Å²) >= 11 is 0. The fourth-order valence-corrected chi connectivity index (χ4v) is 8.71. The molecule has 2 aromatic heterocycles. The highest BCUT2D eigenvalue weighted by Gasteiger charge is 2.31. The fraction of sp³-hybridized carbons (Fsp3) is 0.0377. The highest BCUT2D eigenvalue weighted by Crippen LogP contribution is 2.43. The second-order valence-corrected chi connectivity index (χ2v) is 15.1. The number of rotatable bonds is 5. The lowest BCUT2D eigenvalue weighted by Gasteiger charge is -2.19. The standard InChI is InChI=1S/C53H30F3N5/c1-32-21-38(24-40(22-32)53(54,55)56)39-28-51(60-47-15-5-3-13-42(47)44-26-36(17-19-49(44)60)34-10-7-9-33(23-34)30-57)46(31-58)52(29-39)61-48-16-6-4-14-43(48)45-27-37(18-20-50(45)61)35-11-8-12-41(25-35)59-2/h3-29H,1H3. The molecule has 10 rings (SSSR count). The Morgan fingerprint density at radius 1 is 0.492 bits per heavy atom. The van der Waals surface area contributed by atoms with Crippen molar-refractivity contribution in [2.24, 2.45) is 0 Å². The molecule has 0 saturated heterocycles. The summed E-state index contributed by atoms with van der Waals surface area (Å²) in [4.78, 5) is 3.62. The number of benzene rings is 8. The molecule has 0 aliphatic rings. The third-order valence-electron chi connectivity index (χ3n) is 11.4. The summed E-state index contributed by atoms with van der Waals surface area (Å²) in [7, 11) is 0. The first-order chi connectivity index (χ1) is 29.6. The molecule has 0 aliphatic heterocycles. The molecule has 2 heterocycles. The maximum Gasteiger partial charge on any atom is 0.416 e. The van der Waals surface area contributed by atoms with Gasteiger partial charge in [-0.1, -0.05) is 84.9 Å². The molecule has 0 fully saturated rings. The normalized spacial score (nSPS) is 11.6. The van der Waals surface area contributed by atoms with Crippen molar-refractivity contribution in [2.75, 3.05) is 0 Å². The Labute approximate surface area is 348 Å². The van der Waals surface area contributed by atoms with Gasteiger partial charge in [0, 0.05) is 21.5 Å². The Hall–Kier alpha value is -8.38. The second-order valence-electron chi connectivity index (χ2n) is 15.1. The van der Waals surface area contributed by atoms with Crippen molar-refractivity contribution in [3.63, 3.8) is 0 Å². The number of nitriles is 2.